The van der Waals surface area contributed by atoms with Gasteiger partial charge in [0.25, 0.3) is 0 Å². The van der Waals surface area contributed by atoms with Crippen molar-refractivity contribution in [2.75, 3.05) is 18.0 Å². The summed E-state index contributed by atoms with van der Waals surface area (Å²) in [7, 11) is 0. The fraction of sp³-hybridized carbons (Fsp3) is 0.600. The third-order valence-electron chi connectivity index (χ3n) is 3.48. The first-order valence-electron chi connectivity index (χ1n) is 6.77. The zero-order valence-corrected chi connectivity index (χ0v) is 11.6. The lowest BCUT2D eigenvalue weighted by molar-refractivity contribution is 0.242. The molecule has 3 heteroatoms. The van der Waals surface area contributed by atoms with Gasteiger partial charge in [-0.15, -0.1) is 0 Å². The number of rotatable bonds is 3. The number of nitrogens with zero attached hydrogens (tertiary/aromatic N) is 1. The molecule has 0 radical (unpaired) electrons. The summed E-state index contributed by atoms with van der Waals surface area (Å²) < 4.78 is 5.65. The van der Waals surface area contributed by atoms with Crippen LogP contribution < -0.4 is 15.4 Å². The van der Waals surface area contributed by atoms with Gasteiger partial charge in [0.1, 0.15) is 5.75 Å². The summed E-state index contributed by atoms with van der Waals surface area (Å²) in [4.78, 5) is 2.40. The van der Waals surface area contributed by atoms with Crippen molar-refractivity contribution in [1.82, 2.24) is 0 Å². The van der Waals surface area contributed by atoms with Gasteiger partial charge in [-0.25, -0.2) is 0 Å². The lowest BCUT2D eigenvalue weighted by Gasteiger charge is -2.38. The van der Waals surface area contributed by atoms with Gasteiger partial charge < -0.3 is 15.4 Å². The van der Waals surface area contributed by atoms with Gasteiger partial charge in [0.15, 0.2) is 0 Å². The average Bonchev–Trinajstić information content (AvgIpc) is 2.30. The second kappa shape index (κ2) is 5.19. The molecular formula is C15H24N2O. The molecule has 1 aromatic rings. The van der Waals surface area contributed by atoms with E-state index < -0.39 is 0 Å². The first kappa shape index (κ1) is 13.2. The predicted molar refractivity (Wildman–Crippen MR) is 76.2 cm³/mol. The fourth-order valence-electron chi connectivity index (χ4n) is 2.28. The summed E-state index contributed by atoms with van der Waals surface area (Å²) in [5.74, 6) is 0.939. The van der Waals surface area contributed by atoms with Crippen molar-refractivity contribution in [2.24, 2.45) is 5.73 Å². The lowest BCUT2D eigenvalue weighted by atomic mass is 9.91. The van der Waals surface area contributed by atoms with Crippen molar-refractivity contribution in [3.8, 4) is 5.75 Å². The molecule has 1 fully saturated rings. The second-order valence-electron chi connectivity index (χ2n) is 5.80. The van der Waals surface area contributed by atoms with Gasteiger partial charge in [-0.1, -0.05) is 0 Å². The van der Waals surface area contributed by atoms with Crippen LogP contribution in [0.25, 0.3) is 0 Å². The Balaban J connectivity index is 1.98. The van der Waals surface area contributed by atoms with Crippen molar-refractivity contribution in [1.29, 1.82) is 0 Å². The van der Waals surface area contributed by atoms with Gasteiger partial charge in [-0.3, -0.25) is 0 Å². The molecule has 0 amide bonds. The maximum absolute atomic E-state index is 6.15. The number of anilines is 1. The van der Waals surface area contributed by atoms with Gasteiger partial charge >= 0.3 is 0 Å². The molecule has 0 aromatic heterocycles. The second-order valence-corrected chi connectivity index (χ2v) is 5.80. The van der Waals surface area contributed by atoms with Crippen LogP contribution in [0.15, 0.2) is 24.3 Å². The van der Waals surface area contributed by atoms with Crippen LogP contribution in [0.3, 0.4) is 0 Å². The van der Waals surface area contributed by atoms with E-state index in [2.05, 4.69) is 24.0 Å². The van der Waals surface area contributed by atoms with Gasteiger partial charge in [-0.2, -0.15) is 0 Å². The monoisotopic (exact) mass is 248 g/mol. The number of nitrogens with two attached hydrogens (primary N) is 1. The van der Waals surface area contributed by atoms with E-state index >= 15 is 0 Å². The van der Waals surface area contributed by atoms with Crippen molar-refractivity contribution in [3.63, 3.8) is 0 Å². The van der Waals surface area contributed by atoms with E-state index in [4.69, 9.17) is 10.5 Å². The molecule has 3 nitrogen and oxygen atoms in total. The highest BCUT2D eigenvalue weighted by Crippen LogP contribution is 2.26. The van der Waals surface area contributed by atoms with Crippen molar-refractivity contribution < 1.29 is 4.74 Å². The molecule has 0 saturated carbocycles. The first-order valence-corrected chi connectivity index (χ1v) is 6.77. The molecule has 1 heterocycles. The van der Waals surface area contributed by atoms with E-state index in [1.165, 1.54) is 5.69 Å². The Labute approximate surface area is 110 Å². The summed E-state index contributed by atoms with van der Waals surface area (Å²) in [5.41, 5.74) is 7.43. The van der Waals surface area contributed by atoms with E-state index in [9.17, 15) is 0 Å². The Hall–Kier alpha value is -1.22. The average molecular weight is 248 g/mol. The van der Waals surface area contributed by atoms with Gasteiger partial charge in [0, 0.05) is 24.3 Å². The summed E-state index contributed by atoms with van der Waals surface area (Å²) in [6, 6.07) is 8.37. The summed E-state index contributed by atoms with van der Waals surface area (Å²) in [5, 5.41) is 0. The molecule has 18 heavy (non-hydrogen) atoms. The van der Waals surface area contributed by atoms with E-state index in [1.54, 1.807) is 0 Å². The van der Waals surface area contributed by atoms with Crippen LogP contribution in [0.4, 0.5) is 5.69 Å². The number of hydrogen-bond donors (Lipinski definition) is 1. The van der Waals surface area contributed by atoms with E-state index in [0.29, 0.717) is 0 Å². The molecule has 0 bridgehead atoms. The third-order valence-corrected chi connectivity index (χ3v) is 3.48. The Kier molecular flexibility index (Phi) is 3.81. The molecule has 2 rings (SSSR count). The Morgan fingerprint density at radius 2 is 1.72 bits per heavy atom. The molecule has 0 unspecified atom stereocenters. The molecule has 1 aliphatic rings. The highest BCUT2D eigenvalue weighted by molar-refractivity contribution is 5.49. The minimum absolute atomic E-state index is 0.0111. The van der Waals surface area contributed by atoms with Gasteiger partial charge in [0.05, 0.1) is 6.10 Å². The smallest absolute Gasteiger partial charge is 0.119 e. The van der Waals surface area contributed by atoms with Crippen LogP contribution in [0.1, 0.15) is 33.6 Å². The standard InChI is InChI=1S/C15H24N2O/c1-12(2)18-14-6-4-13(5-7-14)17-10-8-15(3,16)9-11-17/h4-7,12H,8-11,16H2,1-3H3. The fourth-order valence-corrected chi connectivity index (χ4v) is 2.28. The molecule has 0 atom stereocenters. The van der Waals surface area contributed by atoms with E-state index in [0.717, 1.165) is 31.7 Å². The predicted octanol–water partition coefficient (Wildman–Crippen LogP) is 2.79. The topological polar surface area (TPSA) is 38.5 Å². The molecule has 1 saturated heterocycles. The lowest BCUT2D eigenvalue weighted by Crippen LogP contribution is -2.48. The maximum Gasteiger partial charge on any atom is 0.119 e. The first-order chi connectivity index (χ1) is 8.46. The van der Waals surface area contributed by atoms with E-state index in [1.807, 2.05) is 26.0 Å². The van der Waals surface area contributed by atoms with Crippen LogP contribution in [0.5, 0.6) is 5.75 Å². The minimum Gasteiger partial charge on any atom is -0.491 e. The van der Waals surface area contributed by atoms with E-state index in [-0.39, 0.29) is 11.6 Å². The zero-order chi connectivity index (χ0) is 13.2. The van der Waals surface area contributed by atoms with Crippen molar-refractivity contribution >= 4 is 5.69 Å². The van der Waals surface area contributed by atoms with Crippen molar-refractivity contribution in [3.05, 3.63) is 24.3 Å². The van der Waals surface area contributed by atoms with Crippen LogP contribution >= 0.6 is 0 Å². The Morgan fingerprint density at radius 1 is 1.17 bits per heavy atom. The normalized spacial score (nSPS) is 19.1. The summed E-state index contributed by atoms with van der Waals surface area (Å²) in [6.07, 6.45) is 2.33. The molecule has 2 N–H and O–H groups in total. The molecular weight excluding hydrogens is 224 g/mol. The highest BCUT2D eigenvalue weighted by Gasteiger charge is 2.25. The minimum atomic E-state index is 0.0111. The number of piperidine rings is 1. The SMILES string of the molecule is CC(C)Oc1ccc(N2CCC(C)(N)CC2)cc1. The van der Waals surface area contributed by atoms with Gasteiger partial charge in [0.2, 0.25) is 0 Å². The molecule has 0 aliphatic carbocycles. The largest absolute Gasteiger partial charge is 0.491 e. The summed E-state index contributed by atoms with van der Waals surface area (Å²) >= 11 is 0. The molecule has 1 aliphatic heterocycles. The Morgan fingerprint density at radius 3 is 2.22 bits per heavy atom. The van der Waals surface area contributed by atoms with Crippen LogP contribution in [-0.2, 0) is 0 Å². The molecule has 1 aromatic carbocycles. The number of ether oxygens (including phenoxy) is 1. The quantitative estimate of drug-likeness (QED) is 0.894. The summed E-state index contributed by atoms with van der Waals surface area (Å²) in [6.45, 7) is 8.31. The van der Waals surface area contributed by atoms with Crippen LogP contribution in [-0.4, -0.2) is 24.7 Å². The Bertz CT molecular complexity index is 374. The third kappa shape index (κ3) is 3.39. The molecule has 0 spiro atoms. The maximum atomic E-state index is 6.15. The molecule has 100 valence electrons. The number of hydrogen-bond acceptors (Lipinski definition) is 3. The van der Waals surface area contributed by atoms with Crippen molar-refractivity contribution in [2.45, 2.75) is 45.3 Å². The van der Waals surface area contributed by atoms with Crippen LogP contribution in [0, 0.1) is 0 Å². The van der Waals surface area contributed by atoms with Gasteiger partial charge in [-0.05, 0) is 57.9 Å². The van der Waals surface area contributed by atoms with Crippen LogP contribution in [0.2, 0.25) is 0 Å². The highest BCUT2D eigenvalue weighted by atomic mass is 16.5. The zero-order valence-electron chi connectivity index (χ0n) is 11.6. The number of benzene rings is 1.